The summed E-state index contributed by atoms with van der Waals surface area (Å²) >= 11 is 0. The SMILES string of the molecule is CCOc1cccc(CO)c1OCC(=O)N1CCCC1. The number of carbonyl (C=O) groups is 1. The fourth-order valence-corrected chi connectivity index (χ4v) is 2.31. The van der Waals surface area contributed by atoms with Crippen LogP contribution >= 0.6 is 0 Å². The van der Waals surface area contributed by atoms with Gasteiger partial charge in [0.1, 0.15) is 0 Å². The van der Waals surface area contributed by atoms with Crippen LogP contribution in [0.5, 0.6) is 11.5 Å². The van der Waals surface area contributed by atoms with Gasteiger partial charge in [0.25, 0.3) is 5.91 Å². The molecule has 1 aromatic carbocycles. The van der Waals surface area contributed by atoms with Crippen molar-refractivity contribution >= 4 is 5.91 Å². The largest absolute Gasteiger partial charge is 0.490 e. The van der Waals surface area contributed by atoms with Gasteiger partial charge < -0.3 is 19.5 Å². The summed E-state index contributed by atoms with van der Waals surface area (Å²) in [5, 5.41) is 9.36. The van der Waals surface area contributed by atoms with E-state index in [-0.39, 0.29) is 19.1 Å². The number of amides is 1. The van der Waals surface area contributed by atoms with Crippen molar-refractivity contribution < 1.29 is 19.4 Å². The Bertz CT molecular complexity index is 455. The number of carbonyl (C=O) groups excluding carboxylic acids is 1. The first-order valence-electron chi connectivity index (χ1n) is 7.02. The van der Waals surface area contributed by atoms with Crippen LogP contribution in [0.1, 0.15) is 25.3 Å². The molecule has 2 rings (SSSR count). The molecule has 0 aromatic heterocycles. The van der Waals surface area contributed by atoms with Gasteiger partial charge in [0, 0.05) is 18.7 Å². The minimum atomic E-state index is -0.145. The lowest BCUT2D eigenvalue weighted by Gasteiger charge is -2.18. The van der Waals surface area contributed by atoms with E-state index < -0.39 is 0 Å². The highest BCUT2D eigenvalue weighted by molar-refractivity contribution is 5.78. The Morgan fingerprint density at radius 3 is 2.70 bits per heavy atom. The molecule has 1 N–H and O–H groups in total. The topological polar surface area (TPSA) is 59.0 Å². The van der Waals surface area contributed by atoms with Gasteiger partial charge in [-0.25, -0.2) is 0 Å². The van der Waals surface area contributed by atoms with Crippen molar-refractivity contribution in [2.45, 2.75) is 26.4 Å². The normalized spacial score (nSPS) is 14.4. The second-order valence-corrected chi connectivity index (χ2v) is 4.71. The van der Waals surface area contributed by atoms with E-state index >= 15 is 0 Å². The van der Waals surface area contributed by atoms with Crippen LogP contribution in [0, 0.1) is 0 Å². The van der Waals surface area contributed by atoms with E-state index in [0.717, 1.165) is 25.9 Å². The first-order valence-corrected chi connectivity index (χ1v) is 7.02. The third-order valence-electron chi connectivity index (χ3n) is 3.33. The highest BCUT2D eigenvalue weighted by atomic mass is 16.5. The minimum Gasteiger partial charge on any atom is -0.490 e. The molecule has 20 heavy (non-hydrogen) atoms. The van der Waals surface area contributed by atoms with Crippen molar-refractivity contribution in [2.75, 3.05) is 26.3 Å². The van der Waals surface area contributed by atoms with Crippen molar-refractivity contribution in [3.05, 3.63) is 23.8 Å². The lowest BCUT2D eigenvalue weighted by atomic mass is 10.2. The fraction of sp³-hybridized carbons (Fsp3) is 0.533. The molecule has 1 aliphatic heterocycles. The summed E-state index contributed by atoms with van der Waals surface area (Å²) in [6.07, 6.45) is 2.12. The minimum absolute atomic E-state index is 0.0160. The number of likely N-dealkylation sites (tertiary alicyclic amines) is 1. The summed E-state index contributed by atoms with van der Waals surface area (Å²) in [7, 11) is 0. The number of ether oxygens (including phenoxy) is 2. The number of rotatable bonds is 6. The van der Waals surface area contributed by atoms with Crippen molar-refractivity contribution in [1.82, 2.24) is 4.90 Å². The molecule has 1 saturated heterocycles. The summed E-state index contributed by atoms with van der Waals surface area (Å²) < 4.78 is 11.1. The molecule has 5 heteroatoms. The van der Waals surface area contributed by atoms with Crippen LogP contribution in [-0.2, 0) is 11.4 Å². The predicted octanol–water partition coefficient (Wildman–Crippen LogP) is 1.58. The van der Waals surface area contributed by atoms with Crippen LogP contribution in [0.15, 0.2) is 18.2 Å². The van der Waals surface area contributed by atoms with Gasteiger partial charge >= 0.3 is 0 Å². The number of hydrogen-bond acceptors (Lipinski definition) is 4. The van der Waals surface area contributed by atoms with Gasteiger partial charge in [0.05, 0.1) is 13.2 Å². The standard InChI is InChI=1S/C15H21NO4/c1-2-19-13-7-5-6-12(10-17)15(13)20-11-14(18)16-8-3-4-9-16/h5-7,17H,2-4,8-11H2,1H3. The van der Waals surface area contributed by atoms with Crippen molar-refractivity contribution in [1.29, 1.82) is 0 Å². The second kappa shape index (κ2) is 7.14. The Morgan fingerprint density at radius 1 is 1.30 bits per heavy atom. The number of nitrogens with zero attached hydrogens (tertiary/aromatic N) is 1. The lowest BCUT2D eigenvalue weighted by Crippen LogP contribution is -2.32. The highest BCUT2D eigenvalue weighted by Crippen LogP contribution is 2.31. The summed E-state index contributed by atoms with van der Waals surface area (Å²) in [5.41, 5.74) is 0.630. The van der Waals surface area contributed by atoms with Gasteiger partial charge in [-0.05, 0) is 25.8 Å². The average Bonchev–Trinajstić information content (AvgIpc) is 3.00. The van der Waals surface area contributed by atoms with E-state index in [1.807, 2.05) is 11.8 Å². The maximum Gasteiger partial charge on any atom is 0.260 e. The second-order valence-electron chi connectivity index (χ2n) is 4.71. The Morgan fingerprint density at radius 2 is 2.05 bits per heavy atom. The van der Waals surface area contributed by atoms with E-state index in [0.29, 0.717) is 23.7 Å². The summed E-state index contributed by atoms with van der Waals surface area (Å²) in [4.78, 5) is 13.8. The molecule has 1 fully saturated rings. The molecule has 1 amide bonds. The quantitative estimate of drug-likeness (QED) is 0.859. The van der Waals surface area contributed by atoms with Crippen LogP contribution in [0.2, 0.25) is 0 Å². The Kier molecular flexibility index (Phi) is 5.24. The van der Waals surface area contributed by atoms with Crippen molar-refractivity contribution in [3.63, 3.8) is 0 Å². The first kappa shape index (κ1) is 14.7. The van der Waals surface area contributed by atoms with Crippen LogP contribution in [0.25, 0.3) is 0 Å². The summed E-state index contributed by atoms with van der Waals surface area (Å²) in [5.74, 6) is 1.01. The molecule has 1 aliphatic rings. The monoisotopic (exact) mass is 279 g/mol. The van der Waals surface area contributed by atoms with E-state index in [1.165, 1.54) is 0 Å². The average molecular weight is 279 g/mol. The fourth-order valence-electron chi connectivity index (χ4n) is 2.31. The molecular formula is C15H21NO4. The number of hydrogen-bond donors (Lipinski definition) is 1. The lowest BCUT2D eigenvalue weighted by molar-refractivity contribution is -0.132. The molecule has 0 aliphatic carbocycles. The van der Waals surface area contributed by atoms with E-state index in [1.54, 1.807) is 18.2 Å². The van der Waals surface area contributed by atoms with E-state index in [9.17, 15) is 9.90 Å². The van der Waals surface area contributed by atoms with Crippen molar-refractivity contribution in [2.24, 2.45) is 0 Å². The van der Waals surface area contributed by atoms with Gasteiger partial charge in [-0.3, -0.25) is 4.79 Å². The molecule has 0 saturated carbocycles. The van der Waals surface area contributed by atoms with Crippen LogP contribution in [0.3, 0.4) is 0 Å². The highest BCUT2D eigenvalue weighted by Gasteiger charge is 2.19. The van der Waals surface area contributed by atoms with Crippen LogP contribution in [0.4, 0.5) is 0 Å². The number of aliphatic hydroxyl groups is 1. The van der Waals surface area contributed by atoms with Gasteiger partial charge in [-0.1, -0.05) is 12.1 Å². The summed E-state index contributed by atoms with van der Waals surface area (Å²) in [6, 6.07) is 5.34. The zero-order chi connectivity index (χ0) is 14.4. The zero-order valence-electron chi connectivity index (χ0n) is 11.8. The third kappa shape index (κ3) is 3.42. The number of benzene rings is 1. The van der Waals surface area contributed by atoms with Crippen molar-refractivity contribution in [3.8, 4) is 11.5 Å². The van der Waals surface area contributed by atoms with Gasteiger partial charge in [-0.15, -0.1) is 0 Å². The maximum atomic E-state index is 12.0. The zero-order valence-corrected chi connectivity index (χ0v) is 11.8. The summed E-state index contributed by atoms with van der Waals surface area (Å²) in [6.45, 7) is 3.84. The molecule has 0 unspecified atom stereocenters. The maximum absolute atomic E-state index is 12.0. The smallest absolute Gasteiger partial charge is 0.260 e. The molecule has 110 valence electrons. The van der Waals surface area contributed by atoms with E-state index in [2.05, 4.69) is 0 Å². The molecule has 1 aromatic rings. The molecular weight excluding hydrogens is 258 g/mol. The first-order chi connectivity index (χ1) is 9.76. The molecule has 5 nitrogen and oxygen atoms in total. The molecule has 0 radical (unpaired) electrons. The Hall–Kier alpha value is -1.75. The number of para-hydroxylation sites is 1. The van der Waals surface area contributed by atoms with Gasteiger partial charge in [0.15, 0.2) is 18.1 Å². The number of aliphatic hydroxyl groups excluding tert-OH is 1. The Balaban J connectivity index is 2.05. The predicted molar refractivity (Wildman–Crippen MR) is 74.8 cm³/mol. The third-order valence-corrected chi connectivity index (χ3v) is 3.33. The van der Waals surface area contributed by atoms with Gasteiger partial charge in [-0.2, -0.15) is 0 Å². The molecule has 0 bridgehead atoms. The van der Waals surface area contributed by atoms with Crippen LogP contribution in [-0.4, -0.2) is 42.2 Å². The molecule has 1 heterocycles. The molecule has 0 spiro atoms. The van der Waals surface area contributed by atoms with E-state index in [4.69, 9.17) is 9.47 Å². The molecule has 0 atom stereocenters. The van der Waals surface area contributed by atoms with Crippen LogP contribution < -0.4 is 9.47 Å². The Labute approximate surface area is 119 Å². The van der Waals surface area contributed by atoms with Gasteiger partial charge in [0.2, 0.25) is 0 Å².